The molecule has 1 aliphatic carbocycles. The van der Waals surface area contributed by atoms with Crippen molar-refractivity contribution in [2.45, 2.75) is 19.8 Å². The summed E-state index contributed by atoms with van der Waals surface area (Å²) in [5, 5.41) is 7.35. The molecule has 6 nitrogen and oxygen atoms in total. The minimum Gasteiger partial charge on any atom is -0.392 e. The van der Waals surface area contributed by atoms with Crippen molar-refractivity contribution < 1.29 is 13.2 Å². The largest absolute Gasteiger partial charge is 0.392 e. The first-order chi connectivity index (χ1) is 7.67. The molecule has 0 aromatic carbocycles. The van der Waals surface area contributed by atoms with Crippen molar-refractivity contribution in [2.24, 2.45) is 22.2 Å². The van der Waals surface area contributed by atoms with Crippen molar-refractivity contribution >= 4 is 33.1 Å². The summed E-state index contributed by atoms with van der Waals surface area (Å²) in [6.45, 7) is 1.99. The number of thiocarbonyl (C=S) groups is 1. The molecular formula is C9H17N3O3S2. The van der Waals surface area contributed by atoms with Gasteiger partial charge >= 0.3 is 0 Å². The molecule has 5 N–H and O–H groups in total. The fourth-order valence-electron chi connectivity index (χ4n) is 2.10. The van der Waals surface area contributed by atoms with Crippen LogP contribution in [0.15, 0.2) is 0 Å². The first-order valence-corrected chi connectivity index (χ1v) is 7.38. The van der Waals surface area contributed by atoms with E-state index in [0.29, 0.717) is 18.8 Å². The van der Waals surface area contributed by atoms with Gasteiger partial charge in [0, 0.05) is 6.54 Å². The van der Waals surface area contributed by atoms with Crippen LogP contribution in [-0.2, 0) is 14.8 Å². The van der Waals surface area contributed by atoms with Gasteiger partial charge in [0.25, 0.3) is 0 Å². The van der Waals surface area contributed by atoms with E-state index in [-0.39, 0.29) is 23.2 Å². The summed E-state index contributed by atoms with van der Waals surface area (Å²) in [6, 6.07) is 0. The van der Waals surface area contributed by atoms with Gasteiger partial charge in [-0.2, -0.15) is 0 Å². The van der Waals surface area contributed by atoms with Gasteiger partial charge in [-0.15, -0.1) is 0 Å². The van der Waals surface area contributed by atoms with E-state index in [0.717, 1.165) is 0 Å². The summed E-state index contributed by atoms with van der Waals surface area (Å²) in [5.41, 5.74) is 4.78. The van der Waals surface area contributed by atoms with Crippen molar-refractivity contribution in [3.05, 3.63) is 0 Å². The maximum absolute atomic E-state index is 11.9. The van der Waals surface area contributed by atoms with Crippen LogP contribution in [0.3, 0.4) is 0 Å². The molecule has 0 atom stereocenters. The van der Waals surface area contributed by atoms with E-state index in [2.05, 4.69) is 5.32 Å². The van der Waals surface area contributed by atoms with Crippen LogP contribution in [0.5, 0.6) is 0 Å². The van der Waals surface area contributed by atoms with Crippen LogP contribution >= 0.6 is 12.2 Å². The summed E-state index contributed by atoms with van der Waals surface area (Å²) >= 11 is 4.91. The number of sulfonamides is 1. The lowest BCUT2D eigenvalue weighted by atomic mass is 9.62. The number of hydrogen-bond donors (Lipinski definition) is 3. The Morgan fingerprint density at radius 1 is 1.53 bits per heavy atom. The molecule has 0 spiro atoms. The van der Waals surface area contributed by atoms with E-state index in [1.54, 1.807) is 0 Å². The number of carbonyl (C=O) groups excluding carboxylic acids is 1. The highest BCUT2D eigenvalue weighted by Crippen LogP contribution is 2.45. The van der Waals surface area contributed by atoms with E-state index >= 15 is 0 Å². The second-order valence-electron chi connectivity index (χ2n) is 4.58. The second-order valence-corrected chi connectivity index (χ2v) is 6.76. The van der Waals surface area contributed by atoms with Crippen LogP contribution in [0.1, 0.15) is 19.8 Å². The third-order valence-corrected chi connectivity index (χ3v) is 4.14. The zero-order valence-electron chi connectivity index (χ0n) is 9.60. The fourth-order valence-corrected chi connectivity index (χ4v) is 2.75. The van der Waals surface area contributed by atoms with E-state index in [1.165, 1.54) is 0 Å². The van der Waals surface area contributed by atoms with E-state index < -0.39 is 15.4 Å². The molecule has 8 heteroatoms. The van der Waals surface area contributed by atoms with Crippen molar-refractivity contribution in [2.75, 3.05) is 12.3 Å². The first-order valence-electron chi connectivity index (χ1n) is 5.26. The Balaban J connectivity index is 2.54. The van der Waals surface area contributed by atoms with Crippen molar-refractivity contribution in [1.29, 1.82) is 0 Å². The Labute approximate surface area is 106 Å². The number of carbonyl (C=O) groups is 1. The van der Waals surface area contributed by atoms with Crippen LogP contribution in [0.4, 0.5) is 0 Å². The summed E-state index contributed by atoms with van der Waals surface area (Å²) in [5.74, 6) is -0.186. The molecule has 0 unspecified atom stereocenters. The van der Waals surface area contributed by atoms with E-state index in [9.17, 15) is 13.2 Å². The molecule has 0 aromatic heterocycles. The molecular weight excluding hydrogens is 262 g/mol. The highest BCUT2D eigenvalue weighted by atomic mass is 32.2. The zero-order chi connectivity index (χ0) is 13.3. The maximum atomic E-state index is 11.9. The predicted molar refractivity (Wildman–Crippen MR) is 68.6 cm³/mol. The van der Waals surface area contributed by atoms with Crippen LogP contribution in [0, 0.1) is 11.3 Å². The lowest BCUT2D eigenvalue weighted by molar-refractivity contribution is -0.132. The Kier molecular flexibility index (Phi) is 4.11. The Morgan fingerprint density at radius 3 is 2.41 bits per heavy atom. The van der Waals surface area contributed by atoms with Crippen LogP contribution in [-0.4, -0.2) is 31.6 Å². The maximum Gasteiger partial charge on any atom is 0.233 e. The van der Waals surface area contributed by atoms with E-state index in [1.807, 2.05) is 6.92 Å². The van der Waals surface area contributed by atoms with Gasteiger partial charge in [0.05, 0.1) is 16.2 Å². The molecule has 1 rings (SSSR count). The Hall–Kier alpha value is -0.730. The van der Waals surface area contributed by atoms with Crippen LogP contribution in [0.25, 0.3) is 0 Å². The molecule has 98 valence electrons. The number of hydrogen-bond acceptors (Lipinski definition) is 4. The number of nitrogens with two attached hydrogens (primary N) is 2. The van der Waals surface area contributed by atoms with Gasteiger partial charge in [-0.25, -0.2) is 13.6 Å². The molecule has 0 radical (unpaired) electrons. The summed E-state index contributed by atoms with van der Waals surface area (Å²) in [7, 11) is -3.56. The van der Waals surface area contributed by atoms with Crippen molar-refractivity contribution in [3.8, 4) is 0 Å². The van der Waals surface area contributed by atoms with Gasteiger partial charge in [-0.3, -0.25) is 4.79 Å². The van der Waals surface area contributed by atoms with Crippen LogP contribution < -0.4 is 16.2 Å². The minimum atomic E-state index is -3.56. The third-order valence-electron chi connectivity index (χ3n) is 2.97. The van der Waals surface area contributed by atoms with Crippen molar-refractivity contribution in [3.63, 3.8) is 0 Å². The monoisotopic (exact) mass is 279 g/mol. The topological polar surface area (TPSA) is 115 Å². The molecule has 0 bridgehead atoms. The molecule has 17 heavy (non-hydrogen) atoms. The molecule has 0 heterocycles. The molecule has 1 aliphatic rings. The average molecular weight is 279 g/mol. The molecule has 1 saturated carbocycles. The number of nitrogens with one attached hydrogen (secondary N) is 1. The SMILES string of the molecule is CC1CC(C(=O)NCCS(N)(=O)=O)(C(N)=S)C1. The van der Waals surface area contributed by atoms with Gasteiger partial charge < -0.3 is 11.1 Å². The number of rotatable bonds is 5. The van der Waals surface area contributed by atoms with Gasteiger partial charge in [0.15, 0.2) is 0 Å². The lowest BCUT2D eigenvalue weighted by Gasteiger charge is -2.44. The minimum absolute atomic E-state index is 0.0174. The lowest BCUT2D eigenvalue weighted by Crippen LogP contribution is -2.56. The Morgan fingerprint density at radius 2 is 2.06 bits per heavy atom. The Bertz CT molecular complexity index is 427. The van der Waals surface area contributed by atoms with Gasteiger partial charge in [-0.05, 0) is 18.8 Å². The third kappa shape index (κ3) is 3.36. The van der Waals surface area contributed by atoms with E-state index in [4.69, 9.17) is 23.1 Å². The highest BCUT2D eigenvalue weighted by molar-refractivity contribution is 7.89. The first kappa shape index (κ1) is 14.3. The number of amides is 1. The summed E-state index contributed by atoms with van der Waals surface area (Å²) < 4.78 is 21.4. The normalized spacial score (nSPS) is 28.2. The van der Waals surface area contributed by atoms with Crippen LogP contribution in [0.2, 0.25) is 0 Å². The van der Waals surface area contributed by atoms with Gasteiger partial charge in [-0.1, -0.05) is 19.1 Å². The molecule has 1 amide bonds. The summed E-state index contributed by atoms with van der Waals surface area (Å²) in [6.07, 6.45) is 1.23. The molecule has 1 fully saturated rings. The fraction of sp³-hybridized carbons (Fsp3) is 0.778. The molecule has 0 saturated heterocycles. The standard InChI is InChI=1S/C9H17N3O3S2/c1-6-4-9(5-6,7(10)16)8(13)12-2-3-17(11,14)15/h6H,2-5H2,1H3,(H2,10,16)(H,12,13)(H2,11,14,15). The smallest absolute Gasteiger partial charge is 0.233 e. The average Bonchev–Trinajstić information content (AvgIpc) is 2.09. The van der Waals surface area contributed by atoms with Gasteiger partial charge in [0.1, 0.15) is 0 Å². The quantitative estimate of drug-likeness (QED) is 0.564. The second kappa shape index (κ2) is 4.87. The van der Waals surface area contributed by atoms with Gasteiger partial charge in [0.2, 0.25) is 15.9 Å². The predicted octanol–water partition coefficient (Wildman–Crippen LogP) is -0.906. The molecule has 0 aliphatic heterocycles. The summed E-state index contributed by atoms with van der Waals surface area (Å²) in [4.78, 5) is 12.1. The molecule has 0 aromatic rings. The van der Waals surface area contributed by atoms with Crippen molar-refractivity contribution in [1.82, 2.24) is 5.32 Å². The highest BCUT2D eigenvalue weighted by Gasteiger charge is 2.50. The number of primary sulfonamides is 1. The zero-order valence-corrected chi connectivity index (χ0v) is 11.2.